The number of aliphatic carboxylic acids is 2. The van der Waals surface area contributed by atoms with Crippen LogP contribution >= 0.6 is 11.3 Å². The average molecular weight is 583 g/mol. The molecule has 3 aromatic rings. The molecule has 0 aromatic carbocycles. The fraction of sp³-hybridized carbons (Fsp3) is 0.409. The lowest BCUT2D eigenvalue weighted by Gasteiger charge is -2.26. The second kappa shape index (κ2) is 14.0. The van der Waals surface area contributed by atoms with Crippen LogP contribution in [0.25, 0.3) is 0 Å². The number of fused-ring (bicyclic) bond motifs is 1. The van der Waals surface area contributed by atoms with Crippen molar-refractivity contribution < 1.29 is 46.1 Å². The van der Waals surface area contributed by atoms with Gasteiger partial charge in [-0.15, -0.1) is 11.3 Å². The zero-order chi connectivity index (χ0) is 29.2. The molecule has 214 valence electrons. The van der Waals surface area contributed by atoms with Gasteiger partial charge in [-0.05, 0) is 18.7 Å². The van der Waals surface area contributed by atoms with Crippen LogP contribution in [0.3, 0.4) is 0 Å². The summed E-state index contributed by atoms with van der Waals surface area (Å²) in [4.78, 5) is 35.9. The minimum absolute atomic E-state index is 0.849. The van der Waals surface area contributed by atoms with E-state index in [0.29, 0.717) is 0 Å². The van der Waals surface area contributed by atoms with E-state index < -0.39 is 24.3 Å². The zero-order valence-electron chi connectivity index (χ0n) is 20.4. The summed E-state index contributed by atoms with van der Waals surface area (Å²) in [5.74, 6) is -4.35. The highest BCUT2D eigenvalue weighted by atomic mass is 32.1. The summed E-state index contributed by atoms with van der Waals surface area (Å²) in [7, 11) is 2.13. The topological polar surface area (TPSA) is 125 Å². The van der Waals surface area contributed by atoms with Crippen LogP contribution in [-0.2, 0) is 42.3 Å². The molecule has 0 saturated heterocycles. The lowest BCUT2D eigenvalue weighted by atomic mass is 10.2. The standard InChI is InChI=1S/C18H22N6S.2C2HF3O2/c1-22(10-15-3-2-4-19-9-15)11-16-12-24-7-6-23(13-17(24)21-16)14-18-20-5-8-25-18;2*3-2(4,5)1(6)7/h2-5,8-9,12H,6-7,10-11,13-14H2,1H3;2*(H,6,7). The fourth-order valence-electron chi connectivity index (χ4n) is 3.23. The molecule has 0 spiro atoms. The van der Waals surface area contributed by atoms with Gasteiger partial charge in [0, 0.05) is 56.3 Å². The zero-order valence-corrected chi connectivity index (χ0v) is 21.2. The van der Waals surface area contributed by atoms with Crippen molar-refractivity contribution in [2.24, 2.45) is 0 Å². The lowest BCUT2D eigenvalue weighted by Crippen LogP contribution is -2.33. The molecule has 0 atom stereocenters. The smallest absolute Gasteiger partial charge is 0.475 e. The third-order valence-electron chi connectivity index (χ3n) is 4.87. The number of hydrogen-bond acceptors (Lipinski definition) is 8. The fourth-order valence-corrected chi connectivity index (χ4v) is 3.89. The summed E-state index contributed by atoms with van der Waals surface area (Å²) in [6.07, 6.45) is -2.35. The normalized spacial score (nSPS) is 13.5. The molecule has 4 rings (SSSR count). The first-order chi connectivity index (χ1) is 18.1. The van der Waals surface area contributed by atoms with E-state index in [2.05, 4.69) is 43.6 Å². The van der Waals surface area contributed by atoms with Gasteiger partial charge in [-0.2, -0.15) is 26.3 Å². The molecular weight excluding hydrogens is 558 g/mol. The highest BCUT2D eigenvalue weighted by Crippen LogP contribution is 2.18. The minimum atomic E-state index is -5.08. The van der Waals surface area contributed by atoms with Gasteiger partial charge in [-0.3, -0.25) is 14.8 Å². The van der Waals surface area contributed by atoms with Crippen molar-refractivity contribution in [3.05, 3.63) is 64.4 Å². The Morgan fingerprint density at radius 1 is 1.05 bits per heavy atom. The van der Waals surface area contributed by atoms with Crippen molar-refractivity contribution in [3.8, 4) is 0 Å². The number of rotatable bonds is 6. The van der Waals surface area contributed by atoms with Gasteiger partial charge < -0.3 is 14.8 Å². The van der Waals surface area contributed by atoms with Crippen LogP contribution in [0.4, 0.5) is 26.3 Å². The number of carboxylic acid groups (broad SMARTS) is 2. The molecule has 0 radical (unpaired) electrons. The van der Waals surface area contributed by atoms with Gasteiger partial charge in [0.2, 0.25) is 0 Å². The Bertz CT molecular complexity index is 1160. The number of thiazole rings is 1. The van der Waals surface area contributed by atoms with E-state index in [0.717, 1.165) is 50.8 Å². The van der Waals surface area contributed by atoms with Crippen LogP contribution in [0.5, 0.6) is 0 Å². The van der Waals surface area contributed by atoms with Crippen LogP contribution in [-0.4, -0.2) is 77.4 Å². The molecule has 17 heteroatoms. The Balaban J connectivity index is 0.000000317. The minimum Gasteiger partial charge on any atom is -0.475 e. The van der Waals surface area contributed by atoms with Crippen molar-refractivity contribution in [1.29, 1.82) is 0 Å². The van der Waals surface area contributed by atoms with Gasteiger partial charge in [0.25, 0.3) is 0 Å². The second-order valence-corrected chi connectivity index (χ2v) is 9.10. The van der Waals surface area contributed by atoms with Crippen molar-refractivity contribution in [2.45, 2.75) is 45.1 Å². The number of aromatic nitrogens is 4. The highest BCUT2D eigenvalue weighted by Gasteiger charge is 2.38. The quantitative estimate of drug-likeness (QED) is 0.419. The van der Waals surface area contributed by atoms with Gasteiger partial charge in [0.15, 0.2) is 0 Å². The Labute approximate surface area is 222 Å². The maximum atomic E-state index is 10.6. The van der Waals surface area contributed by atoms with Crippen LogP contribution in [0, 0.1) is 0 Å². The molecule has 1 aliphatic heterocycles. The molecule has 0 bridgehead atoms. The largest absolute Gasteiger partial charge is 0.490 e. The van der Waals surface area contributed by atoms with E-state index in [4.69, 9.17) is 24.8 Å². The average Bonchev–Trinajstić information content (AvgIpc) is 3.48. The predicted molar refractivity (Wildman–Crippen MR) is 125 cm³/mol. The molecule has 4 heterocycles. The van der Waals surface area contributed by atoms with Crippen LogP contribution in [0.1, 0.15) is 22.1 Å². The van der Waals surface area contributed by atoms with E-state index in [1.807, 2.05) is 30.0 Å². The van der Waals surface area contributed by atoms with Crippen molar-refractivity contribution >= 4 is 23.3 Å². The Morgan fingerprint density at radius 3 is 2.21 bits per heavy atom. The van der Waals surface area contributed by atoms with Crippen LogP contribution in [0.2, 0.25) is 0 Å². The molecule has 39 heavy (non-hydrogen) atoms. The van der Waals surface area contributed by atoms with Gasteiger partial charge in [0.1, 0.15) is 10.8 Å². The molecule has 0 fully saturated rings. The SMILES string of the molecule is CN(Cc1cccnc1)Cc1cn2c(n1)CN(Cc1nccs1)CC2.O=C(O)C(F)(F)F.O=C(O)C(F)(F)F. The number of imidazole rings is 1. The summed E-state index contributed by atoms with van der Waals surface area (Å²) in [6.45, 7) is 5.59. The van der Waals surface area contributed by atoms with Crippen molar-refractivity contribution in [2.75, 3.05) is 13.6 Å². The van der Waals surface area contributed by atoms with E-state index in [1.54, 1.807) is 11.3 Å². The third-order valence-corrected chi connectivity index (χ3v) is 5.63. The molecule has 0 aliphatic carbocycles. The Kier molecular flexibility index (Phi) is 11.4. The maximum Gasteiger partial charge on any atom is 0.490 e. The first kappa shape index (κ1) is 31.6. The number of hydrogen-bond donors (Lipinski definition) is 2. The maximum absolute atomic E-state index is 10.6. The second-order valence-electron chi connectivity index (χ2n) is 8.12. The van der Waals surface area contributed by atoms with Gasteiger partial charge in [0.05, 0.1) is 18.8 Å². The molecular formula is C22H24F6N6O4S. The monoisotopic (exact) mass is 582 g/mol. The first-order valence-corrected chi connectivity index (χ1v) is 11.9. The number of alkyl halides is 6. The van der Waals surface area contributed by atoms with Crippen LogP contribution < -0.4 is 0 Å². The van der Waals surface area contributed by atoms with Crippen molar-refractivity contribution in [3.63, 3.8) is 0 Å². The van der Waals surface area contributed by atoms with Crippen LogP contribution in [0.15, 0.2) is 42.3 Å². The Hall–Kier alpha value is -3.57. The van der Waals surface area contributed by atoms with E-state index in [-0.39, 0.29) is 0 Å². The number of pyridine rings is 1. The Morgan fingerprint density at radius 2 is 1.69 bits per heavy atom. The summed E-state index contributed by atoms with van der Waals surface area (Å²) >= 11 is 1.72. The van der Waals surface area contributed by atoms with E-state index in [9.17, 15) is 26.3 Å². The summed E-state index contributed by atoms with van der Waals surface area (Å²) in [5, 5.41) is 17.5. The van der Waals surface area contributed by atoms with Crippen molar-refractivity contribution in [1.82, 2.24) is 29.3 Å². The van der Waals surface area contributed by atoms with E-state index in [1.165, 1.54) is 10.6 Å². The molecule has 10 nitrogen and oxygen atoms in total. The van der Waals surface area contributed by atoms with E-state index >= 15 is 0 Å². The molecule has 0 unspecified atom stereocenters. The molecule has 3 aromatic heterocycles. The van der Waals surface area contributed by atoms with Gasteiger partial charge >= 0.3 is 24.3 Å². The lowest BCUT2D eigenvalue weighted by molar-refractivity contribution is -0.193. The number of nitrogens with zero attached hydrogens (tertiary/aromatic N) is 6. The molecule has 0 amide bonds. The summed E-state index contributed by atoms with van der Waals surface area (Å²) in [5.41, 5.74) is 2.36. The first-order valence-electron chi connectivity index (χ1n) is 11.0. The molecule has 1 aliphatic rings. The van der Waals surface area contributed by atoms with Gasteiger partial charge in [-0.25, -0.2) is 19.6 Å². The highest BCUT2D eigenvalue weighted by molar-refractivity contribution is 7.09. The third kappa shape index (κ3) is 11.4. The summed E-state index contributed by atoms with van der Waals surface area (Å²) in [6, 6.07) is 4.09. The van der Waals surface area contributed by atoms with Gasteiger partial charge in [-0.1, -0.05) is 6.07 Å². The number of carbonyl (C=O) groups is 2. The molecule has 2 N–H and O–H groups in total. The number of halogens is 6. The summed E-state index contributed by atoms with van der Waals surface area (Å²) < 4.78 is 65.8. The predicted octanol–water partition coefficient (Wildman–Crippen LogP) is 3.65. The molecule has 0 saturated carbocycles. The number of carboxylic acids is 2.